The Morgan fingerprint density at radius 2 is 1.95 bits per heavy atom. The van der Waals surface area contributed by atoms with Crippen molar-refractivity contribution in [2.45, 2.75) is 13.5 Å². The molecule has 0 saturated heterocycles. The fraction of sp³-hybridized carbons (Fsp3) is 0.143. The van der Waals surface area contributed by atoms with E-state index in [4.69, 9.17) is 23.2 Å². The molecule has 0 radical (unpaired) electrons. The van der Waals surface area contributed by atoms with Gasteiger partial charge in [-0.15, -0.1) is 0 Å². The largest absolute Gasteiger partial charge is 0.375 e. The van der Waals surface area contributed by atoms with Crippen LogP contribution in [0.3, 0.4) is 0 Å². The predicted molar refractivity (Wildman–Crippen MR) is 81.6 cm³/mol. The number of nitrogens with one attached hydrogen (secondary N) is 1. The van der Waals surface area contributed by atoms with Crippen molar-refractivity contribution in [3.8, 4) is 0 Å². The van der Waals surface area contributed by atoms with E-state index in [2.05, 4.69) is 5.32 Å². The van der Waals surface area contributed by atoms with Gasteiger partial charge in [0.1, 0.15) is 5.69 Å². The number of hydrogen-bond acceptors (Lipinski definition) is 3. The molecule has 0 spiro atoms. The van der Waals surface area contributed by atoms with Crippen molar-refractivity contribution >= 4 is 34.6 Å². The van der Waals surface area contributed by atoms with E-state index in [1.54, 1.807) is 0 Å². The fourth-order valence-electron chi connectivity index (χ4n) is 1.75. The van der Waals surface area contributed by atoms with E-state index in [0.717, 1.165) is 11.1 Å². The van der Waals surface area contributed by atoms with Gasteiger partial charge < -0.3 is 5.32 Å². The predicted octanol–water partition coefficient (Wildman–Crippen LogP) is 4.82. The van der Waals surface area contributed by atoms with Gasteiger partial charge in [0.05, 0.1) is 4.92 Å². The maximum absolute atomic E-state index is 10.9. The summed E-state index contributed by atoms with van der Waals surface area (Å²) in [7, 11) is 0. The summed E-state index contributed by atoms with van der Waals surface area (Å²) in [4.78, 5) is 10.5. The standard InChI is InChI=1S/C14H12Cl2N2O2/c1-9-2-3-10(6-12(9)16)8-17-13-7-11(15)4-5-14(13)18(19)20/h2-7,17H,8H2,1H3. The first kappa shape index (κ1) is 14.6. The molecule has 20 heavy (non-hydrogen) atoms. The molecule has 0 saturated carbocycles. The topological polar surface area (TPSA) is 55.2 Å². The molecule has 1 N–H and O–H groups in total. The Kier molecular flexibility index (Phi) is 4.47. The molecule has 2 rings (SSSR count). The first-order valence-electron chi connectivity index (χ1n) is 5.90. The first-order valence-corrected chi connectivity index (χ1v) is 6.66. The highest BCUT2D eigenvalue weighted by Crippen LogP contribution is 2.28. The summed E-state index contributed by atoms with van der Waals surface area (Å²) < 4.78 is 0. The molecule has 2 aromatic rings. The lowest BCUT2D eigenvalue weighted by atomic mass is 10.1. The number of halogens is 2. The van der Waals surface area contributed by atoms with Crippen LogP contribution in [0.25, 0.3) is 0 Å². The highest BCUT2D eigenvalue weighted by atomic mass is 35.5. The zero-order valence-corrected chi connectivity index (χ0v) is 12.2. The second kappa shape index (κ2) is 6.11. The maximum Gasteiger partial charge on any atom is 0.292 e. The molecule has 104 valence electrons. The van der Waals surface area contributed by atoms with Gasteiger partial charge in [-0.2, -0.15) is 0 Å². The molecule has 0 aliphatic rings. The van der Waals surface area contributed by atoms with Gasteiger partial charge in [-0.05, 0) is 36.2 Å². The monoisotopic (exact) mass is 310 g/mol. The van der Waals surface area contributed by atoms with Crippen LogP contribution in [0.1, 0.15) is 11.1 Å². The van der Waals surface area contributed by atoms with Gasteiger partial charge in [-0.1, -0.05) is 35.3 Å². The van der Waals surface area contributed by atoms with Crippen molar-refractivity contribution in [1.82, 2.24) is 0 Å². The average molecular weight is 311 g/mol. The molecular weight excluding hydrogens is 299 g/mol. The quantitative estimate of drug-likeness (QED) is 0.650. The molecule has 0 aromatic heterocycles. The molecule has 0 aliphatic carbocycles. The number of hydrogen-bond donors (Lipinski definition) is 1. The van der Waals surface area contributed by atoms with Crippen LogP contribution in [0.5, 0.6) is 0 Å². The van der Waals surface area contributed by atoms with Crippen LogP contribution < -0.4 is 5.32 Å². The van der Waals surface area contributed by atoms with Crippen LogP contribution >= 0.6 is 23.2 Å². The molecular formula is C14H12Cl2N2O2. The van der Waals surface area contributed by atoms with Crippen molar-refractivity contribution in [2.75, 3.05) is 5.32 Å². The van der Waals surface area contributed by atoms with Crippen LogP contribution in [0.4, 0.5) is 11.4 Å². The van der Waals surface area contributed by atoms with Crippen molar-refractivity contribution in [3.05, 3.63) is 67.7 Å². The van der Waals surface area contributed by atoms with E-state index in [1.807, 2.05) is 25.1 Å². The van der Waals surface area contributed by atoms with Crippen LogP contribution in [-0.4, -0.2) is 4.92 Å². The Bertz CT molecular complexity index is 660. The zero-order valence-electron chi connectivity index (χ0n) is 10.7. The van der Waals surface area contributed by atoms with Crippen molar-refractivity contribution in [3.63, 3.8) is 0 Å². The summed E-state index contributed by atoms with van der Waals surface area (Å²) in [6.45, 7) is 2.35. The summed E-state index contributed by atoms with van der Waals surface area (Å²) in [5.41, 5.74) is 2.31. The Balaban J connectivity index is 2.20. The van der Waals surface area contributed by atoms with E-state index in [0.29, 0.717) is 22.3 Å². The number of benzene rings is 2. The van der Waals surface area contributed by atoms with Gasteiger partial charge in [0.25, 0.3) is 5.69 Å². The lowest BCUT2D eigenvalue weighted by Crippen LogP contribution is -2.02. The second-order valence-electron chi connectivity index (χ2n) is 4.36. The minimum Gasteiger partial charge on any atom is -0.375 e. The molecule has 0 aliphatic heterocycles. The van der Waals surface area contributed by atoms with E-state index in [9.17, 15) is 10.1 Å². The molecule has 0 heterocycles. The van der Waals surface area contributed by atoms with Gasteiger partial charge in [-0.3, -0.25) is 10.1 Å². The van der Waals surface area contributed by atoms with Gasteiger partial charge in [0.2, 0.25) is 0 Å². The van der Waals surface area contributed by atoms with E-state index < -0.39 is 4.92 Å². The van der Waals surface area contributed by atoms with Crippen molar-refractivity contribution in [1.29, 1.82) is 0 Å². The number of aryl methyl sites for hydroxylation is 1. The third-order valence-corrected chi connectivity index (χ3v) is 3.52. The molecule has 0 amide bonds. The smallest absolute Gasteiger partial charge is 0.292 e. The Hall–Kier alpha value is -1.78. The SMILES string of the molecule is Cc1ccc(CNc2cc(Cl)ccc2[N+](=O)[O-])cc1Cl. The number of rotatable bonds is 4. The number of anilines is 1. The Labute approximate surface area is 126 Å². The number of nitro groups is 1. The lowest BCUT2D eigenvalue weighted by molar-refractivity contribution is -0.384. The Morgan fingerprint density at radius 1 is 1.20 bits per heavy atom. The maximum atomic E-state index is 10.9. The normalized spacial score (nSPS) is 10.3. The van der Waals surface area contributed by atoms with Gasteiger partial charge >= 0.3 is 0 Å². The van der Waals surface area contributed by atoms with E-state index in [1.165, 1.54) is 18.2 Å². The minimum atomic E-state index is -0.444. The third-order valence-electron chi connectivity index (χ3n) is 2.87. The van der Waals surface area contributed by atoms with Gasteiger partial charge in [0.15, 0.2) is 0 Å². The zero-order chi connectivity index (χ0) is 14.7. The molecule has 0 bridgehead atoms. The summed E-state index contributed by atoms with van der Waals surface area (Å²) in [5, 5.41) is 15.1. The van der Waals surface area contributed by atoms with E-state index in [-0.39, 0.29) is 5.69 Å². The summed E-state index contributed by atoms with van der Waals surface area (Å²) >= 11 is 11.9. The van der Waals surface area contributed by atoms with Crippen molar-refractivity contribution < 1.29 is 4.92 Å². The molecule has 2 aromatic carbocycles. The average Bonchev–Trinajstić information content (AvgIpc) is 2.40. The molecule has 6 heteroatoms. The molecule has 0 atom stereocenters. The summed E-state index contributed by atoms with van der Waals surface area (Å²) in [6, 6.07) is 10.1. The summed E-state index contributed by atoms with van der Waals surface area (Å²) in [5.74, 6) is 0. The van der Waals surface area contributed by atoms with E-state index >= 15 is 0 Å². The van der Waals surface area contributed by atoms with Crippen molar-refractivity contribution in [2.24, 2.45) is 0 Å². The fourth-order valence-corrected chi connectivity index (χ4v) is 2.13. The van der Waals surface area contributed by atoms with Gasteiger partial charge in [0, 0.05) is 22.7 Å². The molecule has 4 nitrogen and oxygen atoms in total. The number of nitrogens with zero attached hydrogens (tertiary/aromatic N) is 1. The third kappa shape index (κ3) is 3.40. The minimum absolute atomic E-state index is 0.00684. The van der Waals surface area contributed by atoms with Gasteiger partial charge in [-0.25, -0.2) is 0 Å². The lowest BCUT2D eigenvalue weighted by Gasteiger charge is -2.08. The highest BCUT2D eigenvalue weighted by Gasteiger charge is 2.13. The van der Waals surface area contributed by atoms with Crippen LogP contribution in [0.15, 0.2) is 36.4 Å². The van der Waals surface area contributed by atoms with Crippen LogP contribution in [0.2, 0.25) is 10.0 Å². The summed E-state index contributed by atoms with van der Waals surface area (Å²) in [6.07, 6.45) is 0. The number of nitro benzene ring substituents is 1. The Morgan fingerprint density at radius 3 is 2.60 bits per heavy atom. The van der Waals surface area contributed by atoms with Crippen LogP contribution in [-0.2, 0) is 6.54 Å². The van der Waals surface area contributed by atoms with Crippen LogP contribution in [0, 0.1) is 17.0 Å². The molecule has 0 unspecified atom stereocenters. The highest BCUT2D eigenvalue weighted by molar-refractivity contribution is 6.31. The molecule has 0 fully saturated rings. The second-order valence-corrected chi connectivity index (χ2v) is 5.20. The first-order chi connectivity index (χ1) is 9.47.